The van der Waals surface area contributed by atoms with Crippen LogP contribution in [0.5, 0.6) is 5.75 Å². The third-order valence-electron chi connectivity index (χ3n) is 4.46. The lowest BCUT2D eigenvalue weighted by molar-refractivity contribution is -0.125. The second kappa shape index (κ2) is 6.94. The van der Waals surface area contributed by atoms with Crippen molar-refractivity contribution in [3.8, 4) is 17.0 Å². The number of ether oxygens (including phenoxy) is 1. The van der Waals surface area contributed by atoms with Crippen molar-refractivity contribution >= 4 is 34.5 Å². The Morgan fingerprint density at radius 3 is 2.85 bits per heavy atom. The molecule has 2 heterocycles. The molecule has 1 aliphatic rings. The number of thiazole rings is 1. The third kappa shape index (κ3) is 3.31. The minimum atomic E-state index is -0.657. The van der Waals surface area contributed by atoms with Crippen molar-refractivity contribution in [1.82, 2.24) is 4.98 Å². The summed E-state index contributed by atoms with van der Waals surface area (Å²) in [4.78, 5) is 18.8. The van der Waals surface area contributed by atoms with E-state index in [0.29, 0.717) is 11.4 Å². The Morgan fingerprint density at radius 2 is 2.15 bits per heavy atom. The fraction of sp³-hybridized carbons (Fsp3) is 0.200. The molecule has 1 unspecified atom stereocenters. The van der Waals surface area contributed by atoms with Gasteiger partial charge in [-0.05, 0) is 44.2 Å². The largest absolute Gasteiger partial charge is 0.479 e. The molecule has 27 heavy (non-hydrogen) atoms. The predicted molar refractivity (Wildman–Crippen MR) is 105 cm³/mol. The summed E-state index contributed by atoms with van der Waals surface area (Å²) in [6, 6.07) is 10.1. The molecule has 3 aromatic rings. The van der Waals surface area contributed by atoms with Crippen molar-refractivity contribution in [1.29, 1.82) is 0 Å². The first kappa shape index (κ1) is 17.9. The van der Waals surface area contributed by atoms with Gasteiger partial charge in [-0.1, -0.05) is 17.7 Å². The Kier molecular flexibility index (Phi) is 4.61. The fourth-order valence-corrected chi connectivity index (χ4v) is 3.91. The smallest absolute Gasteiger partial charge is 0.268 e. The highest BCUT2D eigenvalue weighted by atomic mass is 35.5. The fourth-order valence-electron chi connectivity index (χ4n) is 3.07. The Bertz CT molecular complexity index is 1020. The Balaban J connectivity index is 1.79. The van der Waals surface area contributed by atoms with Crippen LogP contribution in [0.15, 0.2) is 41.8 Å². The maximum absolute atomic E-state index is 14.3. The first-order chi connectivity index (χ1) is 12.9. The second-order valence-corrected chi connectivity index (χ2v) is 7.79. The van der Waals surface area contributed by atoms with E-state index in [4.69, 9.17) is 16.3 Å². The van der Waals surface area contributed by atoms with Gasteiger partial charge in [0.15, 0.2) is 6.10 Å². The number of amides is 1. The minimum Gasteiger partial charge on any atom is -0.479 e. The van der Waals surface area contributed by atoms with Crippen molar-refractivity contribution in [3.05, 3.63) is 63.2 Å². The van der Waals surface area contributed by atoms with Gasteiger partial charge in [0.2, 0.25) is 0 Å². The average Bonchev–Trinajstić information content (AvgIpc) is 3.07. The van der Waals surface area contributed by atoms with Crippen molar-refractivity contribution in [2.75, 3.05) is 4.90 Å². The monoisotopic (exact) mass is 402 g/mol. The van der Waals surface area contributed by atoms with Gasteiger partial charge in [0.05, 0.1) is 22.9 Å². The second-order valence-electron chi connectivity index (χ2n) is 6.32. The Morgan fingerprint density at radius 1 is 1.33 bits per heavy atom. The predicted octanol–water partition coefficient (Wildman–Crippen LogP) is 5.23. The zero-order valence-electron chi connectivity index (χ0n) is 14.7. The number of benzene rings is 2. The third-order valence-corrected chi connectivity index (χ3v) is 5.59. The molecule has 2 aromatic carbocycles. The highest BCUT2D eigenvalue weighted by molar-refractivity contribution is 7.09. The molecule has 138 valence electrons. The molecule has 4 rings (SSSR count). The van der Waals surface area contributed by atoms with Gasteiger partial charge in [0, 0.05) is 21.5 Å². The number of anilines is 1. The van der Waals surface area contributed by atoms with Crippen LogP contribution in [0.25, 0.3) is 11.3 Å². The summed E-state index contributed by atoms with van der Waals surface area (Å²) < 4.78 is 20.0. The first-order valence-electron chi connectivity index (χ1n) is 8.41. The van der Waals surface area contributed by atoms with Crippen LogP contribution >= 0.6 is 22.9 Å². The highest BCUT2D eigenvalue weighted by Gasteiger charge is 2.32. The van der Waals surface area contributed by atoms with Gasteiger partial charge in [-0.15, -0.1) is 11.3 Å². The number of rotatable bonds is 3. The summed E-state index contributed by atoms with van der Waals surface area (Å²) in [5, 5.41) is 3.21. The van der Waals surface area contributed by atoms with Gasteiger partial charge in [-0.2, -0.15) is 0 Å². The molecular weight excluding hydrogens is 387 g/mol. The van der Waals surface area contributed by atoms with E-state index in [1.54, 1.807) is 30.4 Å². The van der Waals surface area contributed by atoms with E-state index in [1.807, 2.05) is 30.5 Å². The van der Waals surface area contributed by atoms with Crippen molar-refractivity contribution in [2.24, 2.45) is 0 Å². The molecule has 4 nitrogen and oxygen atoms in total. The molecule has 0 saturated heterocycles. The number of halogens is 2. The SMILES string of the molecule is Cc1nc(-c2ccc3c(c2)N(Cc2c(F)cccc2Cl)C(=O)C(C)O3)cs1. The number of hydrogen-bond acceptors (Lipinski definition) is 4. The Hall–Kier alpha value is -2.44. The first-order valence-corrected chi connectivity index (χ1v) is 9.67. The average molecular weight is 403 g/mol. The quantitative estimate of drug-likeness (QED) is 0.602. The molecular formula is C20H16ClFN2O2S. The van der Waals surface area contributed by atoms with E-state index in [1.165, 1.54) is 11.0 Å². The van der Waals surface area contributed by atoms with Crippen molar-refractivity contribution < 1.29 is 13.9 Å². The molecule has 0 N–H and O–H groups in total. The Labute approximate surface area is 165 Å². The topological polar surface area (TPSA) is 42.4 Å². The number of hydrogen-bond donors (Lipinski definition) is 0. The summed E-state index contributed by atoms with van der Waals surface area (Å²) in [5.41, 5.74) is 2.56. The number of fused-ring (bicyclic) bond motifs is 1. The summed E-state index contributed by atoms with van der Waals surface area (Å²) in [6.45, 7) is 3.65. The maximum atomic E-state index is 14.3. The standard InChI is InChI=1S/C20H16ClFN2O2S/c1-11-20(25)24(9-14-15(21)4-3-5-16(14)22)18-8-13(6-7-19(18)26-11)17-10-27-12(2)23-17/h3-8,10-11H,9H2,1-2H3. The molecule has 0 aliphatic carbocycles. The van der Waals surface area contributed by atoms with Crippen LogP contribution in [0.4, 0.5) is 10.1 Å². The van der Waals surface area contributed by atoms with Crippen molar-refractivity contribution in [3.63, 3.8) is 0 Å². The summed E-state index contributed by atoms with van der Waals surface area (Å²) in [6.07, 6.45) is -0.657. The number of carbonyl (C=O) groups is 1. The lowest BCUT2D eigenvalue weighted by Gasteiger charge is -2.33. The number of nitrogens with zero attached hydrogens (tertiary/aromatic N) is 2. The van der Waals surface area contributed by atoms with E-state index < -0.39 is 11.9 Å². The van der Waals surface area contributed by atoms with Crippen LogP contribution in [-0.2, 0) is 11.3 Å². The molecule has 1 amide bonds. The lowest BCUT2D eigenvalue weighted by atomic mass is 10.1. The van der Waals surface area contributed by atoms with Crippen LogP contribution < -0.4 is 9.64 Å². The molecule has 0 saturated carbocycles. The van der Waals surface area contributed by atoms with Crippen LogP contribution in [0, 0.1) is 12.7 Å². The van der Waals surface area contributed by atoms with Crippen LogP contribution in [-0.4, -0.2) is 17.0 Å². The maximum Gasteiger partial charge on any atom is 0.268 e. The van der Waals surface area contributed by atoms with Gasteiger partial charge >= 0.3 is 0 Å². The number of aromatic nitrogens is 1. The number of carbonyl (C=O) groups excluding carboxylic acids is 1. The zero-order valence-corrected chi connectivity index (χ0v) is 16.3. The van der Waals surface area contributed by atoms with Crippen molar-refractivity contribution in [2.45, 2.75) is 26.5 Å². The van der Waals surface area contributed by atoms with Gasteiger partial charge in [-0.3, -0.25) is 4.79 Å². The summed E-state index contributed by atoms with van der Waals surface area (Å²) in [5.74, 6) is -0.110. The van der Waals surface area contributed by atoms with E-state index in [0.717, 1.165) is 16.3 Å². The number of aryl methyl sites for hydroxylation is 1. The molecule has 0 radical (unpaired) electrons. The molecule has 1 aromatic heterocycles. The van der Waals surface area contributed by atoms with Crippen LogP contribution in [0.1, 0.15) is 17.5 Å². The highest BCUT2D eigenvalue weighted by Crippen LogP contribution is 2.39. The van der Waals surface area contributed by atoms with E-state index in [-0.39, 0.29) is 23.0 Å². The minimum absolute atomic E-state index is 0.0323. The van der Waals surface area contributed by atoms with Gasteiger partial charge in [0.1, 0.15) is 11.6 Å². The summed E-state index contributed by atoms with van der Waals surface area (Å²) >= 11 is 7.73. The molecule has 0 fully saturated rings. The summed E-state index contributed by atoms with van der Waals surface area (Å²) in [7, 11) is 0. The molecule has 0 spiro atoms. The van der Waals surface area contributed by atoms with Gasteiger partial charge < -0.3 is 9.64 Å². The zero-order chi connectivity index (χ0) is 19.1. The van der Waals surface area contributed by atoms with Crippen LogP contribution in [0.3, 0.4) is 0 Å². The molecule has 7 heteroatoms. The lowest BCUT2D eigenvalue weighted by Crippen LogP contribution is -2.44. The van der Waals surface area contributed by atoms with Crippen LogP contribution in [0.2, 0.25) is 5.02 Å². The van der Waals surface area contributed by atoms with Gasteiger partial charge in [-0.25, -0.2) is 9.37 Å². The van der Waals surface area contributed by atoms with E-state index >= 15 is 0 Å². The van der Waals surface area contributed by atoms with E-state index in [9.17, 15) is 9.18 Å². The normalized spacial score (nSPS) is 16.2. The van der Waals surface area contributed by atoms with Gasteiger partial charge in [0.25, 0.3) is 5.91 Å². The molecule has 1 atom stereocenters. The molecule has 1 aliphatic heterocycles. The molecule has 0 bridgehead atoms. The van der Waals surface area contributed by atoms with E-state index in [2.05, 4.69) is 4.98 Å².